The highest BCUT2D eigenvalue weighted by Gasteiger charge is 2.21. The van der Waals surface area contributed by atoms with Crippen molar-refractivity contribution in [1.82, 2.24) is 4.98 Å². The van der Waals surface area contributed by atoms with Crippen LogP contribution in [0.3, 0.4) is 0 Å². The molecule has 0 unspecified atom stereocenters. The Morgan fingerprint density at radius 1 is 1.04 bits per heavy atom. The van der Waals surface area contributed by atoms with Gasteiger partial charge in [-0.05, 0) is 36.4 Å². The Balaban J connectivity index is 1.80. The van der Waals surface area contributed by atoms with Crippen LogP contribution in [0, 0.1) is 0 Å². The molecular formula is C15H9Cl3N2O3S2. The largest absolute Gasteiger partial charge is 0.301 e. The molecule has 3 aromatic rings. The van der Waals surface area contributed by atoms with Crippen LogP contribution in [-0.2, 0) is 14.6 Å². The summed E-state index contributed by atoms with van der Waals surface area (Å²) in [6.07, 6.45) is 0. The van der Waals surface area contributed by atoms with Crippen LogP contribution in [0.5, 0.6) is 0 Å². The fourth-order valence-corrected chi connectivity index (χ4v) is 4.75. The second-order valence-corrected chi connectivity index (χ2v) is 9.23. The van der Waals surface area contributed by atoms with Crippen LogP contribution in [0.4, 0.5) is 5.13 Å². The normalized spacial score (nSPS) is 11.6. The molecule has 25 heavy (non-hydrogen) atoms. The maximum atomic E-state index is 12.3. The van der Waals surface area contributed by atoms with Gasteiger partial charge in [0, 0.05) is 5.02 Å². The summed E-state index contributed by atoms with van der Waals surface area (Å²) in [5.74, 6) is -1.42. The van der Waals surface area contributed by atoms with Gasteiger partial charge in [0.25, 0.3) is 0 Å². The molecule has 1 heterocycles. The lowest BCUT2D eigenvalue weighted by molar-refractivity contribution is -0.113. The molecule has 0 aliphatic heterocycles. The van der Waals surface area contributed by atoms with E-state index < -0.39 is 21.5 Å². The number of nitrogens with one attached hydrogen (secondary N) is 1. The Hall–Kier alpha value is -1.38. The van der Waals surface area contributed by atoms with Gasteiger partial charge in [0.05, 0.1) is 19.6 Å². The van der Waals surface area contributed by atoms with Gasteiger partial charge in [-0.1, -0.05) is 46.1 Å². The number of halogens is 3. The van der Waals surface area contributed by atoms with Crippen LogP contribution < -0.4 is 5.32 Å². The number of amides is 1. The van der Waals surface area contributed by atoms with Crippen molar-refractivity contribution in [3.8, 4) is 0 Å². The van der Waals surface area contributed by atoms with Crippen molar-refractivity contribution in [3.63, 3.8) is 0 Å². The van der Waals surface area contributed by atoms with Gasteiger partial charge in [0.15, 0.2) is 15.0 Å². The third-order valence-corrected chi connectivity index (χ3v) is 6.81. The standard InChI is InChI=1S/C15H9Cl3N2O3S2/c16-8-1-3-9(4-2-8)25(22,23)7-12(21)19-15-20-13-10(17)5-6-11(18)14(13)24-15/h1-6H,7H2,(H,19,20,21). The Morgan fingerprint density at radius 3 is 2.32 bits per heavy atom. The van der Waals surface area contributed by atoms with E-state index in [0.29, 0.717) is 25.3 Å². The number of aromatic nitrogens is 1. The third-order valence-electron chi connectivity index (χ3n) is 3.19. The van der Waals surface area contributed by atoms with Crippen LogP contribution >= 0.6 is 46.1 Å². The summed E-state index contributed by atoms with van der Waals surface area (Å²) < 4.78 is 25.1. The summed E-state index contributed by atoms with van der Waals surface area (Å²) in [5.41, 5.74) is 0.454. The fourth-order valence-electron chi connectivity index (χ4n) is 2.05. The monoisotopic (exact) mass is 434 g/mol. The van der Waals surface area contributed by atoms with E-state index in [1.165, 1.54) is 24.3 Å². The highest BCUT2D eigenvalue weighted by Crippen LogP contribution is 2.36. The lowest BCUT2D eigenvalue weighted by Gasteiger charge is -2.04. The van der Waals surface area contributed by atoms with Crippen LogP contribution in [0.1, 0.15) is 0 Å². The minimum Gasteiger partial charge on any atom is -0.301 e. The summed E-state index contributed by atoms with van der Waals surface area (Å²) in [7, 11) is -3.79. The summed E-state index contributed by atoms with van der Waals surface area (Å²) in [6.45, 7) is 0. The Morgan fingerprint density at radius 2 is 1.68 bits per heavy atom. The van der Waals surface area contributed by atoms with Gasteiger partial charge < -0.3 is 5.32 Å². The Bertz CT molecular complexity index is 1020. The van der Waals surface area contributed by atoms with Crippen LogP contribution in [0.2, 0.25) is 15.1 Å². The third kappa shape index (κ3) is 4.07. The molecule has 0 fully saturated rings. The molecule has 2 aromatic carbocycles. The zero-order chi connectivity index (χ0) is 18.2. The van der Waals surface area contributed by atoms with Gasteiger partial charge in [-0.25, -0.2) is 13.4 Å². The second kappa shape index (κ2) is 7.09. The van der Waals surface area contributed by atoms with E-state index in [2.05, 4.69) is 10.3 Å². The first-order valence-corrected chi connectivity index (χ1v) is 10.4. The minimum atomic E-state index is -3.79. The molecule has 0 radical (unpaired) electrons. The molecule has 10 heteroatoms. The SMILES string of the molecule is O=C(CS(=O)(=O)c1ccc(Cl)cc1)Nc1nc2c(Cl)ccc(Cl)c2s1. The zero-order valence-electron chi connectivity index (χ0n) is 12.3. The van der Waals surface area contributed by atoms with Crippen LogP contribution in [-0.4, -0.2) is 25.1 Å². The molecule has 0 spiro atoms. The lowest BCUT2D eigenvalue weighted by Crippen LogP contribution is -2.22. The number of carbonyl (C=O) groups excluding carboxylic acids is 1. The van der Waals surface area contributed by atoms with Gasteiger partial charge in [-0.3, -0.25) is 4.79 Å². The van der Waals surface area contributed by atoms with Crippen molar-refractivity contribution < 1.29 is 13.2 Å². The first kappa shape index (κ1) is 18.4. The number of fused-ring (bicyclic) bond motifs is 1. The number of nitrogens with zero attached hydrogens (tertiary/aromatic N) is 1. The van der Waals surface area contributed by atoms with E-state index in [1.807, 2.05) is 0 Å². The topological polar surface area (TPSA) is 76.1 Å². The highest BCUT2D eigenvalue weighted by molar-refractivity contribution is 7.92. The average Bonchev–Trinajstić information content (AvgIpc) is 2.95. The van der Waals surface area contributed by atoms with Gasteiger partial charge in [-0.15, -0.1) is 0 Å². The van der Waals surface area contributed by atoms with E-state index in [1.54, 1.807) is 12.1 Å². The molecule has 0 bridgehead atoms. The molecule has 0 aliphatic rings. The highest BCUT2D eigenvalue weighted by atomic mass is 35.5. The van der Waals surface area contributed by atoms with Crippen LogP contribution in [0.15, 0.2) is 41.3 Å². The van der Waals surface area contributed by atoms with Gasteiger partial charge in [0.1, 0.15) is 11.3 Å². The molecule has 1 amide bonds. The summed E-state index contributed by atoms with van der Waals surface area (Å²) in [5, 5.41) is 3.94. The molecule has 130 valence electrons. The van der Waals surface area contributed by atoms with Crippen molar-refractivity contribution in [2.75, 3.05) is 11.1 Å². The molecule has 0 saturated carbocycles. The van der Waals surface area contributed by atoms with E-state index in [9.17, 15) is 13.2 Å². The number of carbonyl (C=O) groups is 1. The van der Waals surface area contributed by atoms with Crippen molar-refractivity contribution in [3.05, 3.63) is 51.5 Å². The Labute approximate surface area is 162 Å². The molecule has 1 aromatic heterocycles. The molecule has 0 atom stereocenters. The second-order valence-electron chi connectivity index (χ2n) is 4.99. The van der Waals surface area contributed by atoms with Crippen molar-refractivity contribution in [2.24, 2.45) is 0 Å². The number of sulfone groups is 1. The van der Waals surface area contributed by atoms with E-state index in [-0.39, 0.29) is 10.0 Å². The van der Waals surface area contributed by atoms with Crippen molar-refractivity contribution in [2.45, 2.75) is 4.90 Å². The van der Waals surface area contributed by atoms with Gasteiger partial charge in [-0.2, -0.15) is 0 Å². The van der Waals surface area contributed by atoms with Crippen LogP contribution in [0.25, 0.3) is 10.2 Å². The average molecular weight is 436 g/mol. The number of benzene rings is 2. The Kier molecular flexibility index (Phi) is 5.22. The number of hydrogen-bond donors (Lipinski definition) is 1. The van der Waals surface area contributed by atoms with E-state index in [4.69, 9.17) is 34.8 Å². The maximum Gasteiger partial charge on any atom is 0.241 e. The molecule has 0 saturated heterocycles. The lowest BCUT2D eigenvalue weighted by atomic mass is 10.3. The molecular weight excluding hydrogens is 427 g/mol. The first-order valence-electron chi connectivity index (χ1n) is 6.79. The fraction of sp³-hybridized carbons (Fsp3) is 0.0667. The quantitative estimate of drug-likeness (QED) is 0.646. The van der Waals surface area contributed by atoms with E-state index >= 15 is 0 Å². The zero-order valence-corrected chi connectivity index (χ0v) is 16.2. The first-order chi connectivity index (χ1) is 11.8. The number of thiazole rings is 1. The van der Waals surface area contributed by atoms with Crippen molar-refractivity contribution in [1.29, 1.82) is 0 Å². The van der Waals surface area contributed by atoms with Gasteiger partial charge >= 0.3 is 0 Å². The molecule has 5 nitrogen and oxygen atoms in total. The number of hydrogen-bond acceptors (Lipinski definition) is 5. The van der Waals surface area contributed by atoms with Crippen molar-refractivity contribution >= 4 is 77.2 Å². The maximum absolute atomic E-state index is 12.3. The smallest absolute Gasteiger partial charge is 0.241 e. The molecule has 0 aliphatic carbocycles. The summed E-state index contributed by atoms with van der Waals surface area (Å²) >= 11 is 19.0. The number of rotatable bonds is 4. The summed E-state index contributed by atoms with van der Waals surface area (Å²) in [6, 6.07) is 8.82. The molecule has 1 N–H and O–H groups in total. The minimum absolute atomic E-state index is 0.0161. The predicted octanol–water partition coefficient (Wildman–Crippen LogP) is 4.67. The number of anilines is 1. The van der Waals surface area contributed by atoms with E-state index in [0.717, 1.165) is 11.3 Å². The predicted molar refractivity (Wildman–Crippen MR) is 102 cm³/mol. The van der Waals surface area contributed by atoms with Gasteiger partial charge in [0.2, 0.25) is 5.91 Å². The molecule has 3 rings (SSSR count). The summed E-state index contributed by atoms with van der Waals surface area (Å²) in [4.78, 5) is 16.3.